The van der Waals surface area contributed by atoms with Gasteiger partial charge in [0.15, 0.2) is 0 Å². The molecule has 1 unspecified atom stereocenters. The summed E-state index contributed by atoms with van der Waals surface area (Å²) in [5, 5.41) is 3.49. The number of hydrogen-bond acceptors (Lipinski definition) is 4. The summed E-state index contributed by atoms with van der Waals surface area (Å²) < 4.78 is 8.48. The normalized spacial score (nSPS) is 12.7. The van der Waals surface area contributed by atoms with Crippen molar-refractivity contribution in [2.24, 2.45) is 0 Å². The highest BCUT2D eigenvalue weighted by atomic mass is 32.1. The molecule has 1 atom stereocenters. The van der Waals surface area contributed by atoms with Crippen LogP contribution in [0.3, 0.4) is 0 Å². The van der Waals surface area contributed by atoms with Gasteiger partial charge >= 0.3 is 0 Å². The topological polar surface area (TPSA) is 37.8 Å². The number of nitrogens with zero attached hydrogens (tertiary/aromatic N) is 2. The predicted octanol–water partition coefficient (Wildman–Crippen LogP) is 3.16. The van der Waals surface area contributed by atoms with E-state index >= 15 is 0 Å². The third-order valence-electron chi connectivity index (χ3n) is 3.28. The number of aryl methyl sites for hydroxylation is 3. The van der Waals surface area contributed by atoms with Gasteiger partial charge < -0.3 is 5.32 Å². The molecule has 0 saturated heterocycles. The molecule has 3 nitrogen and oxygen atoms in total. The standard InChI is InChI=1S/C14H19N3S/c1-5-15-14(13-8-16-18-17-13)12-7-10(3)9(2)6-11(12)4/h6-8,14-15H,5H2,1-4H3. The number of rotatable bonds is 4. The third-order valence-corrected chi connectivity index (χ3v) is 3.77. The highest BCUT2D eigenvalue weighted by Crippen LogP contribution is 2.26. The Morgan fingerprint density at radius 1 is 1.17 bits per heavy atom. The molecule has 0 spiro atoms. The van der Waals surface area contributed by atoms with Crippen LogP contribution < -0.4 is 5.32 Å². The van der Waals surface area contributed by atoms with Crippen molar-refractivity contribution in [1.29, 1.82) is 0 Å². The Morgan fingerprint density at radius 3 is 2.50 bits per heavy atom. The van der Waals surface area contributed by atoms with Crippen molar-refractivity contribution in [3.63, 3.8) is 0 Å². The fourth-order valence-corrected chi connectivity index (χ4v) is 2.62. The van der Waals surface area contributed by atoms with Crippen molar-refractivity contribution >= 4 is 11.7 Å². The van der Waals surface area contributed by atoms with Crippen molar-refractivity contribution in [3.05, 3.63) is 46.3 Å². The lowest BCUT2D eigenvalue weighted by atomic mass is 9.94. The Balaban J connectivity index is 2.46. The van der Waals surface area contributed by atoms with E-state index in [1.165, 1.54) is 34.0 Å². The van der Waals surface area contributed by atoms with Crippen LogP contribution in [0, 0.1) is 20.8 Å². The zero-order valence-electron chi connectivity index (χ0n) is 11.3. The molecule has 1 N–H and O–H groups in total. The molecule has 0 fully saturated rings. The fraction of sp³-hybridized carbons (Fsp3) is 0.429. The summed E-state index contributed by atoms with van der Waals surface area (Å²) in [6.07, 6.45) is 1.85. The lowest BCUT2D eigenvalue weighted by Crippen LogP contribution is -2.23. The molecule has 0 bridgehead atoms. The number of nitrogens with one attached hydrogen (secondary N) is 1. The molecule has 2 aromatic rings. The highest BCUT2D eigenvalue weighted by Gasteiger charge is 2.18. The first-order valence-corrected chi connectivity index (χ1v) is 6.95. The zero-order chi connectivity index (χ0) is 13.1. The summed E-state index contributed by atoms with van der Waals surface area (Å²) in [6, 6.07) is 4.65. The Bertz CT molecular complexity index is 520. The molecular formula is C14H19N3S. The van der Waals surface area contributed by atoms with Gasteiger partial charge in [0.05, 0.1) is 29.7 Å². The minimum absolute atomic E-state index is 0.146. The van der Waals surface area contributed by atoms with Gasteiger partial charge in [-0.15, -0.1) is 0 Å². The van der Waals surface area contributed by atoms with Crippen molar-refractivity contribution < 1.29 is 0 Å². The molecule has 96 valence electrons. The Hall–Kier alpha value is -1.26. The summed E-state index contributed by atoms with van der Waals surface area (Å²) in [5.41, 5.74) is 6.27. The summed E-state index contributed by atoms with van der Waals surface area (Å²) in [6.45, 7) is 9.49. The molecule has 0 amide bonds. The lowest BCUT2D eigenvalue weighted by molar-refractivity contribution is 0.616. The number of benzene rings is 1. The minimum Gasteiger partial charge on any atom is -0.305 e. The van der Waals surface area contributed by atoms with Crippen molar-refractivity contribution in [2.45, 2.75) is 33.7 Å². The summed E-state index contributed by atoms with van der Waals surface area (Å²) in [5.74, 6) is 0. The van der Waals surface area contributed by atoms with Gasteiger partial charge in [0.1, 0.15) is 0 Å². The van der Waals surface area contributed by atoms with Crippen LogP contribution >= 0.6 is 11.7 Å². The van der Waals surface area contributed by atoms with Crippen LogP contribution in [0.5, 0.6) is 0 Å². The summed E-state index contributed by atoms with van der Waals surface area (Å²) >= 11 is 1.26. The van der Waals surface area contributed by atoms with Crippen LogP contribution in [0.15, 0.2) is 18.3 Å². The predicted molar refractivity (Wildman–Crippen MR) is 76.1 cm³/mol. The maximum Gasteiger partial charge on any atom is 0.0957 e. The van der Waals surface area contributed by atoms with E-state index in [0.717, 1.165) is 12.2 Å². The van der Waals surface area contributed by atoms with Crippen LogP contribution in [-0.4, -0.2) is 15.3 Å². The first-order chi connectivity index (χ1) is 8.63. The van der Waals surface area contributed by atoms with E-state index in [9.17, 15) is 0 Å². The number of aromatic nitrogens is 2. The van der Waals surface area contributed by atoms with E-state index < -0.39 is 0 Å². The van der Waals surface area contributed by atoms with Crippen molar-refractivity contribution in [1.82, 2.24) is 14.1 Å². The molecule has 2 rings (SSSR count). The van der Waals surface area contributed by atoms with Gasteiger partial charge in [-0.2, -0.15) is 8.75 Å². The van der Waals surface area contributed by atoms with Gasteiger partial charge in [-0.3, -0.25) is 0 Å². The largest absolute Gasteiger partial charge is 0.305 e. The molecular weight excluding hydrogens is 242 g/mol. The Labute approximate surface area is 113 Å². The maximum absolute atomic E-state index is 4.37. The zero-order valence-corrected chi connectivity index (χ0v) is 12.1. The average Bonchev–Trinajstić information content (AvgIpc) is 2.85. The van der Waals surface area contributed by atoms with Gasteiger partial charge in [0, 0.05) is 0 Å². The van der Waals surface area contributed by atoms with Crippen molar-refractivity contribution in [2.75, 3.05) is 6.54 Å². The lowest BCUT2D eigenvalue weighted by Gasteiger charge is -2.19. The monoisotopic (exact) mass is 261 g/mol. The van der Waals surface area contributed by atoms with Gasteiger partial charge in [-0.25, -0.2) is 0 Å². The molecule has 18 heavy (non-hydrogen) atoms. The van der Waals surface area contributed by atoms with E-state index in [2.05, 4.69) is 53.9 Å². The van der Waals surface area contributed by atoms with Crippen LogP contribution in [0.4, 0.5) is 0 Å². The minimum atomic E-state index is 0.146. The van der Waals surface area contributed by atoms with Gasteiger partial charge in [-0.1, -0.05) is 19.1 Å². The summed E-state index contributed by atoms with van der Waals surface area (Å²) in [7, 11) is 0. The van der Waals surface area contributed by atoms with Gasteiger partial charge in [0.25, 0.3) is 0 Å². The molecule has 4 heteroatoms. The molecule has 0 radical (unpaired) electrons. The van der Waals surface area contributed by atoms with Crippen LogP contribution in [-0.2, 0) is 0 Å². The van der Waals surface area contributed by atoms with E-state index in [1.807, 2.05) is 6.20 Å². The van der Waals surface area contributed by atoms with Gasteiger partial charge in [0.2, 0.25) is 0 Å². The quantitative estimate of drug-likeness (QED) is 0.918. The number of hydrogen-bond donors (Lipinski definition) is 1. The van der Waals surface area contributed by atoms with Crippen LogP contribution in [0.1, 0.15) is 40.9 Å². The van der Waals surface area contributed by atoms with E-state index in [1.54, 1.807) is 0 Å². The second-order valence-corrected chi connectivity index (χ2v) is 5.17. The molecule has 0 aliphatic heterocycles. The molecule has 1 aromatic heterocycles. The van der Waals surface area contributed by atoms with Crippen molar-refractivity contribution in [3.8, 4) is 0 Å². The molecule has 0 aliphatic carbocycles. The van der Waals surface area contributed by atoms with E-state index in [0.29, 0.717) is 0 Å². The SMILES string of the molecule is CCNC(c1cnsn1)c1cc(C)c(C)cc1C. The first kappa shape index (κ1) is 13.2. The summed E-state index contributed by atoms with van der Waals surface area (Å²) in [4.78, 5) is 0. The molecule has 1 aromatic carbocycles. The Morgan fingerprint density at radius 2 is 1.89 bits per heavy atom. The molecule has 0 saturated carbocycles. The molecule has 1 heterocycles. The van der Waals surface area contributed by atoms with E-state index in [4.69, 9.17) is 0 Å². The van der Waals surface area contributed by atoms with Crippen LogP contribution in [0.2, 0.25) is 0 Å². The average molecular weight is 261 g/mol. The highest BCUT2D eigenvalue weighted by molar-refractivity contribution is 6.99. The Kier molecular flexibility index (Phi) is 4.09. The molecule has 0 aliphatic rings. The smallest absolute Gasteiger partial charge is 0.0957 e. The first-order valence-electron chi connectivity index (χ1n) is 6.22. The second kappa shape index (κ2) is 5.59. The third kappa shape index (κ3) is 2.60. The van der Waals surface area contributed by atoms with Crippen LogP contribution in [0.25, 0.3) is 0 Å². The maximum atomic E-state index is 4.37. The van der Waals surface area contributed by atoms with Gasteiger partial charge in [-0.05, 0) is 49.6 Å². The second-order valence-electron chi connectivity index (χ2n) is 4.62. The van der Waals surface area contributed by atoms with E-state index in [-0.39, 0.29) is 6.04 Å². The fourth-order valence-electron chi connectivity index (χ4n) is 2.17.